The molecule has 2 aliphatic rings. The number of likely N-dealkylation sites (tertiary alicyclic amines) is 1. The SMILES string of the molecule is C[C@@H]1[C@@](C)(C(=O)N2CC[C@@H](F)C2)SC(N)=N[C@]1(C)c1cc(/C=C(\F)c2ccc(C#N)cn2)ccc1F. The van der Waals surface area contributed by atoms with Crippen LogP contribution in [0.3, 0.4) is 0 Å². The lowest BCUT2D eigenvalue weighted by atomic mass is 9.73. The summed E-state index contributed by atoms with van der Waals surface area (Å²) in [5.41, 5.74) is 5.78. The van der Waals surface area contributed by atoms with Crippen molar-refractivity contribution in [2.45, 2.75) is 43.6 Å². The number of hydrogen-bond donors (Lipinski definition) is 1. The highest BCUT2D eigenvalue weighted by molar-refractivity contribution is 8.15. The molecule has 4 rings (SSSR count). The van der Waals surface area contributed by atoms with Crippen molar-refractivity contribution >= 4 is 34.7 Å². The highest BCUT2D eigenvalue weighted by Crippen LogP contribution is 2.51. The molecule has 4 atom stereocenters. The lowest BCUT2D eigenvalue weighted by Gasteiger charge is -2.47. The van der Waals surface area contributed by atoms with E-state index in [9.17, 15) is 13.6 Å². The Hall–Kier alpha value is -3.32. The first-order valence-corrected chi connectivity index (χ1v) is 12.3. The second-order valence-electron chi connectivity index (χ2n) is 9.44. The van der Waals surface area contributed by atoms with Crippen molar-refractivity contribution in [2.75, 3.05) is 13.1 Å². The molecule has 1 amide bonds. The van der Waals surface area contributed by atoms with Gasteiger partial charge < -0.3 is 10.6 Å². The molecule has 36 heavy (non-hydrogen) atoms. The highest BCUT2D eigenvalue weighted by Gasteiger charge is 2.55. The fourth-order valence-corrected chi connectivity index (χ4v) is 6.06. The number of thioether (sulfide) groups is 1. The van der Waals surface area contributed by atoms with Crippen molar-refractivity contribution in [3.8, 4) is 6.07 Å². The zero-order valence-corrected chi connectivity index (χ0v) is 21.0. The van der Waals surface area contributed by atoms with E-state index in [4.69, 9.17) is 11.0 Å². The third kappa shape index (κ3) is 4.60. The number of alkyl halides is 1. The average Bonchev–Trinajstić information content (AvgIpc) is 3.29. The molecule has 2 aromatic rings. The van der Waals surface area contributed by atoms with E-state index in [-0.39, 0.29) is 35.3 Å². The quantitative estimate of drug-likeness (QED) is 0.634. The number of benzene rings is 1. The third-order valence-electron chi connectivity index (χ3n) is 7.14. The van der Waals surface area contributed by atoms with Gasteiger partial charge in [0.15, 0.2) is 5.17 Å². The minimum atomic E-state index is -1.24. The summed E-state index contributed by atoms with van der Waals surface area (Å²) in [4.78, 5) is 23.5. The summed E-state index contributed by atoms with van der Waals surface area (Å²) in [6.45, 7) is 5.56. The first-order chi connectivity index (χ1) is 17.0. The zero-order valence-electron chi connectivity index (χ0n) is 20.1. The standard InChI is InChI=1S/C26H26F3N5OS/c1-15-25(2,33-24(31)36-26(15,3)23(35)34-9-8-18(27)14-34)19-10-16(4-6-20(19)28)11-21(29)22-7-5-17(12-30)13-32-22/h4-7,10-11,13,15,18H,8-9,14H2,1-3H3,(H2,31,33)/b21-11-/t15-,18+,25-,26-/m0/s1. The van der Waals surface area contributed by atoms with Gasteiger partial charge in [0, 0.05) is 24.2 Å². The van der Waals surface area contributed by atoms with E-state index < -0.39 is 34.0 Å². The molecule has 6 nitrogen and oxygen atoms in total. The van der Waals surface area contributed by atoms with Gasteiger partial charge in [0.25, 0.3) is 0 Å². The van der Waals surface area contributed by atoms with Crippen LogP contribution in [0.1, 0.15) is 49.6 Å². The van der Waals surface area contributed by atoms with E-state index >= 15 is 4.39 Å². The highest BCUT2D eigenvalue weighted by atomic mass is 32.2. The molecule has 0 saturated carbocycles. The van der Waals surface area contributed by atoms with Gasteiger partial charge in [0.05, 0.1) is 23.3 Å². The van der Waals surface area contributed by atoms with Crippen LogP contribution < -0.4 is 5.73 Å². The van der Waals surface area contributed by atoms with Gasteiger partial charge in [-0.2, -0.15) is 5.26 Å². The second kappa shape index (κ2) is 9.62. The lowest BCUT2D eigenvalue weighted by molar-refractivity contribution is -0.134. The van der Waals surface area contributed by atoms with Gasteiger partial charge in [0.1, 0.15) is 28.6 Å². The molecule has 0 aliphatic carbocycles. The maximum absolute atomic E-state index is 15.2. The van der Waals surface area contributed by atoms with Gasteiger partial charge in [-0.05, 0) is 56.2 Å². The fourth-order valence-electron chi connectivity index (χ4n) is 4.77. The van der Waals surface area contributed by atoms with Gasteiger partial charge in [-0.25, -0.2) is 13.2 Å². The molecule has 10 heteroatoms. The summed E-state index contributed by atoms with van der Waals surface area (Å²) in [5.74, 6) is -2.03. The van der Waals surface area contributed by atoms with Crippen LogP contribution >= 0.6 is 11.8 Å². The molecule has 3 heterocycles. The molecular weight excluding hydrogens is 487 g/mol. The van der Waals surface area contributed by atoms with Gasteiger partial charge in [-0.1, -0.05) is 24.8 Å². The molecule has 1 saturated heterocycles. The van der Waals surface area contributed by atoms with Gasteiger partial charge in [-0.3, -0.25) is 14.8 Å². The molecule has 0 bridgehead atoms. The molecular formula is C26H26F3N5OS. The predicted octanol–water partition coefficient (Wildman–Crippen LogP) is 4.80. The maximum atomic E-state index is 15.2. The molecule has 0 radical (unpaired) electrons. The van der Waals surface area contributed by atoms with E-state index in [2.05, 4.69) is 9.98 Å². The second-order valence-corrected chi connectivity index (χ2v) is 10.9. The van der Waals surface area contributed by atoms with E-state index in [1.165, 1.54) is 47.5 Å². The van der Waals surface area contributed by atoms with Crippen LogP contribution in [0.15, 0.2) is 41.5 Å². The third-order valence-corrected chi connectivity index (χ3v) is 8.39. The van der Waals surface area contributed by atoms with Crippen LogP contribution in [0.25, 0.3) is 11.9 Å². The Balaban J connectivity index is 1.71. The van der Waals surface area contributed by atoms with E-state index in [1.54, 1.807) is 20.8 Å². The number of hydrogen-bond acceptors (Lipinski definition) is 6. The number of aromatic nitrogens is 1. The number of halogens is 3. The number of pyridine rings is 1. The number of carbonyl (C=O) groups excluding carboxylic acids is 1. The van der Waals surface area contributed by atoms with Gasteiger partial charge >= 0.3 is 0 Å². The van der Waals surface area contributed by atoms with Crippen molar-refractivity contribution < 1.29 is 18.0 Å². The summed E-state index contributed by atoms with van der Waals surface area (Å²) >= 11 is 1.10. The predicted molar refractivity (Wildman–Crippen MR) is 135 cm³/mol. The normalized spacial score (nSPS) is 28.5. The number of aliphatic imine (C=N–C) groups is 1. The smallest absolute Gasteiger partial charge is 0.239 e. The van der Waals surface area contributed by atoms with Gasteiger partial charge in [0.2, 0.25) is 5.91 Å². The largest absolute Gasteiger partial charge is 0.378 e. The molecule has 188 valence electrons. The van der Waals surface area contributed by atoms with Crippen molar-refractivity contribution in [3.63, 3.8) is 0 Å². The molecule has 2 aliphatic heterocycles. The average molecular weight is 514 g/mol. The summed E-state index contributed by atoms with van der Waals surface area (Å²) in [6.07, 6.45) is 1.69. The van der Waals surface area contributed by atoms with Crippen molar-refractivity contribution in [1.29, 1.82) is 5.26 Å². The Morgan fingerprint density at radius 2 is 2.08 bits per heavy atom. The Bertz CT molecular complexity index is 1290. The van der Waals surface area contributed by atoms with Crippen LogP contribution in [0, 0.1) is 23.1 Å². The molecule has 0 spiro atoms. The van der Waals surface area contributed by atoms with E-state index in [0.29, 0.717) is 17.7 Å². The monoisotopic (exact) mass is 513 g/mol. The minimum absolute atomic E-state index is 0.0206. The van der Waals surface area contributed by atoms with E-state index in [1.807, 2.05) is 6.07 Å². The summed E-state index contributed by atoms with van der Waals surface area (Å²) in [5, 5.41) is 9.02. The number of nitriles is 1. The molecule has 1 aromatic heterocycles. The van der Waals surface area contributed by atoms with Crippen LogP contribution in [0.2, 0.25) is 0 Å². The number of rotatable bonds is 4. The number of nitrogens with two attached hydrogens (primary N) is 1. The first-order valence-electron chi connectivity index (χ1n) is 11.5. The summed E-state index contributed by atoms with van der Waals surface area (Å²) in [7, 11) is 0. The fraction of sp³-hybridized carbons (Fsp3) is 0.385. The number of amidine groups is 1. The Morgan fingerprint density at radius 1 is 1.33 bits per heavy atom. The summed E-state index contributed by atoms with van der Waals surface area (Å²) in [6, 6.07) is 8.90. The van der Waals surface area contributed by atoms with E-state index in [0.717, 1.165) is 11.8 Å². The number of amides is 1. The van der Waals surface area contributed by atoms with Crippen molar-refractivity contribution in [3.05, 3.63) is 64.7 Å². The topological polar surface area (TPSA) is 95.4 Å². The maximum Gasteiger partial charge on any atom is 0.239 e. The van der Waals surface area contributed by atoms with Crippen molar-refractivity contribution in [1.82, 2.24) is 9.88 Å². The lowest BCUT2D eigenvalue weighted by Crippen LogP contribution is -2.56. The first kappa shape index (κ1) is 25.8. The number of carbonyl (C=O) groups is 1. The molecule has 2 N–H and O–H groups in total. The number of nitrogens with zero attached hydrogens (tertiary/aromatic N) is 4. The van der Waals surface area contributed by atoms with Gasteiger partial charge in [-0.15, -0.1) is 0 Å². The van der Waals surface area contributed by atoms with Crippen LogP contribution in [0.4, 0.5) is 13.2 Å². The minimum Gasteiger partial charge on any atom is -0.378 e. The Morgan fingerprint density at radius 3 is 2.69 bits per heavy atom. The Kier molecular flexibility index (Phi) is 6.88. The molecule has 1 fully saturated rings. The van der Waals surface area contributed by atoms with Crippen molar-refractivity contribution in [2.24, 2.45) is 16.6 Å². The molecule has 0 unspecified atom stereocenters. The van der Waals surface area contributed by atoms with Crippen LogP contribution in [-0.2, 0) is 10.3 Å². The zero-order chi connectivity index (χ0) is 26.3. The molecule has 1 aromatic carbocycles. The van der Waals surface area contributed by atoms with Crippen LogP contribution in [0.5, 0.6) is 0 Å². The summed E-state index contributed by atoms with van der Waals surface area (Å²) < 4.78 is 42.8. The Labute approximate surface area is 212 Å². The van der Waals surface area contributed by atoms with Crippen LogP contribution in [-0.4, -0.2) is 45.0 Å².